The fraction of sp³-hybridized carbons (Fsp3) is 0.333. The molecule has 0 saturated heterocycles. The lowest BCUT2D eigenvalue weighted by molar-refractivity contribution is 0.252. The summed E-state index contributed by atoms with van der Waals surface area (Å²) < 4.78 is 2.15. The third-order valence-electron chi connectivity index (χ3n) is 2.92. The number of hydrogen-bond acceptors (Lipinski definition) is 2. The van der Waals surface area contributed by atoms with Gasteiger partial charge in [0.2, 0.25) is 7.41 Å². The first kappa shape index (κ1) is 11.2. The Bertz CT molecular complexity index is 478. The Kier molecular flexibility index (Phi) is 3.32. The van der Waals surface area contributed by atoms with Crippen molar-refractivity contribution in [3.63, 3.8) is 0 Å². The molecule has 0 fully saturated rings. The third kappa shape index (κ3) is 1.99. The average molecular weight is 214 g/mol. The summed E-state index contributed by atoms with van der Waals surface area (Å²) in [5.74, 6) is 0. The number of nitrogens with zero attached hydrogens (tertiary/aromatic N) is 2. The maximum absolute atomic E-state index is 3.12. The second-order valence-electron chi connectivity index (χ2n) is 3.91. The molecule has 0 spiro atoms. The first-order valence-electron chi connectivity index (χ1n) is 5.52. The van der Waals surface area contributed by atoms with Crippen LogP contribution in [0.5, 0.6) is 0 Å². The van der Waals surface area contributed by atoms with Crippen molar-refractivity contribution < 1.29 is 0 Å². The largest absolute Gasteiger partial charge is 0.397 e. The van der Waals surface area contributed by atoms with E-state index in [0.29, 0.717) is 0 Å². The van der Waals surface area contributed by atoms with Crippen molar-refractivity contribution in [1.82, 2.24) is 14.9 Å². The van der Waals surface area contributed by atoms with Gasteiger partial charge in [-0.25, -0.2) is 5.01 Å². The summed E-state index contributed by atoms with van der Waals surface area (Å²) in [6.07, 6.45) is 2.10. The van der Waals surface area contributed by atoms with Crippen LogP contribution in [0.1, 0.15) is 5.56 Å². The quantitative estimate of drug-likeness (QED) is 0.617. The summed E-state index contributed by atoms with van der Waals surface area (Å²) >= 11 is 0. The van der Waals surface area contributed by atoms with E-state index in [0.717, 1.165) is 6.54 Å². The number of nitrogens with one attached hydrogen (secondary N) is 1. The van der Waals surface area contributed by atoms with Gasteiger partial charge in [0.25, 0.3) is 0 Å². The van der Waals surface area contributed by atoms with Crippen molar-refractivity contribution >= 4 is 18.3 Å². The van der Waals surface area contributed by atoms with E-state index in [4.69, 9.17) is 0 Å². The maximum atomic E-state index is 3.12. The lowest BCUT2D eigenvalue weighted by Crippen LogP contribution is -2.29. The van der Waals surface area contributed by atoms with Gasteiger partial charge < -0.3 is 4.48 Å². The molecule has 0 saturated carbocycles. The molecule has 2 rings (SSSR count). The Balaban J connectivity index is 2.42. The molecule has 4 heteroatoms. The summed E-state index contributed by atoms with van der Waals surface area (Å²) in [6, 6.07) is 8.61. The molecule has 0 atom stereocenters. The first-order valence-corrected chi connectivity index (χ1v) is 5.52. The van der Waals surface area contributed by atoms with Crippen LogP contribution in [0.2, 0.25) is 6.82 Å². The molecule has 0 aliphatic carbocycles. The highest BCUT2D eigenvalue weighted by atomic mass is 15.5. The minimum Gasteiger partial charge on any atom is -0.397 e. The molecule has 2 aromatic rings. The minimum absolute atomic E-state index is 0.904. The molecule has 1 heterocycles. The highest BCUT2D eigenvalue weighted by Gasteiger charge is 2.06. The van der Waals surface area contributed by atoms with Crippen molar-refractivity contribution in [3.8, 4) is 0 Å². The Morgan fingerprint density at radius 1 is 1.38 bits per heavy atom. The Morgan fingerprint density at radius 2 is 2.19 bits per heavy atom. The third-order valence-corrected chi connectivity index (χ3v) is 2.92. The Hall–Kier alpha value is -1.26. The molecule has 1 N–H and O–H groups in total. The van der Waals surface area contributed by atoms with Crippen molar-refractivity contribution in [2.75, 3.05) is 14.1 Å². The minimum atomic E-state index is 0.904. The van der Waals surface area contributed by atoms with Crippen LogP contribution < -0.4 is 5.43 Å². The van der Waals surface area contributed by atoms with Crippen LogP contribution in [0, 0.1) is 0 Å². The second kappa shape index (κ2) is 4.72. The van der Waals surface area contributed by atoms with Crippen molar-refractivity contribution in [3.05, 3.63) is 36.0 Å². The number of hydrogen-bond donors (Lipinski definition) is 1. The normalized spacial score (nSPS) is 11.2. The van der Waals surface area contributed by atoms with E-state index < -0.39 is 0 Å². The lowest BCUT2D eigenvalue weighted by atomic mass is 9.99. The molecule has 0 unspecified atom stereocenters. The van der Waals surface area contributed by atoms with Crippen LogP contribution >= 0.6 is 0 Å². The average Bonchev–Trinajstić information content (AvgIpc) is 2.73. The smallest absolute Gasteiger partial charge is 0.248 e. The van der Waals surface area contributed by atoms with E-state index >= 15 is 0 Å². The molecule has 0 aliphatic rings. The fourth-order valence-electron chi connectivity index (χ4n) is 1.95. The van der Waals surface area contributed by atoms with Gasteiger partial charge >= 0.3 is 0 Å². The zero-order valence-electron chi connectivity index (χ0n) is 10.1. The van der Waals surface area contributed by atoms with E-state index in [-0.39, 0.29) is 0 Å². The van der Waals surface area contributed by atoms with E-state index in [1.54, 1.807) is 0 Å². The molecule has 1 aromatic heterocycles. The molecule has 3 nitrogen and oxygen atoms in total. The van der Waals surface area contributed by atoms with Crippen molar-refractivity contribution in [2.24, 2.45) is 0 Å². The van der Waals surface area contributed by atoms with Crippen LogP contribution in [0.25, 0.3) is 10.9 Å². The fourth-order valence-corrected chi connectivity index (χ4v) is 1.95. The monoisotopic (exact) mass is 214 g/mol. The summed E-state index contributed by atoms with van der Waals surface area (Å²) in [6.45, 7) is 2.95. The second-order valence-corrected chi connectivity index (χ2v) is 3.91. The molecule has 83 valence electrons. The number of hydrazine groups is 1. The number of rotatable bonds is 4. The van der Waals surface area contributed by atoms with Gasteiger partial charge in [0.1, 0.15) is 0 Å². The molecule has 16 heavy (non-hydrogen) atoms. The molecule has 0 aliphatic heterocycles. The summed E-state index contributed by atoms with van der Waals surface area (Å²) in [7, 11) is 6.06. The van der Waals surface area contributed by atoms with E-state index in [2.05, 4.69) is 52.8 Å². The summed E-state index contributed by atoms with van der Waals surface area (Å²) in [5, 5.41) is 3.39. The molecular weight excluding hydrogens is 197 g/mol. The number of aromatic nitrogens is 1. The Morgan fingerprint density at radius 3 is 2.88 bits per heavy atom. The lowest BCUT2D eigenvalue weighted by Gasteiger charge is -2.15. The van der Waals surface area contributed by atoms with Gasteiger partial charge in [-0.05, 0) is 30.9 Å². The van der Waals surface area contributed by atoms with Crippen LogP contribution in [0.15, 0.2) is 30.5 Å². The highest BCUT2D eigenvalue weighted by molar-refractivity contribution is 6.33. The summed E-state index contributed by atoms with van der Waals surface area (Å²) in [5.41, 5.74) is 5.73. The molecular formula is C12H17BN3. The van der Waals surface area contributed by atoms with Gasteiger partial charge in [0.15, 0.2) is 0 Å². The molecule has 0 bridgehead atoms. The summed E-state index contributed by atoms with van der Waals surface area (Å²) in [4.78, 5) is 0. The van der Waals surface area contributed by atoms with Crippen LogP contribution in [-0.2, 0) is 6.54 Å². The van der Waals surface area contributed by atoms with Crippen molar-refractivity contribution in [2.45, 2.75) is 13.4 Å². The van der Waals surface area contributed by atoms with Crippen LogP contribution in [0.4, 0.5) is 0 Å². The van der Waals surface area contributed by atoms with Gasteiger partial charge in [-0.3, -0.25) is 5.43 Å². The maximum Gasteiger partial charge on any atom is 0.248 e. The molecule has 1 radical (unpaired) electrons. The predicted octanol–water partition coefficient (Wildman–Crippen LogP) is 1.72. The first-order chi connectivity index (χ1) is 7.76. The topological polar surface area (TPSA) is 20.2 Å². The molecule has 0 amide bonds. The van der Waals surface area contributed by atoms with Gasteiger partial charge in [0, 0.05) is 24.5 Å². The van der Waals surface area contributed by atoms with Crippen LogP contribution in [-0.4, -0.2) is 31.0 Å². The zero-order chi connectivity index (χ0) is 11.5. The zero-order valence-corrected chi connectivity index (χ0v) is 10.1. The SMILES string of the molecule is C[B]n1ccc2c(CN(C)NC)cccc21. The van der Waals surface area contributed by atoms with E-state index in [1.807, 2.05) is 20.9 Å². The number of benzene rings is 1. The van der Waals surface area contributed by atoms with E-state index in [9.17, 15) is 0 Å². The van der Waals surface area contributed by atoms with Gasteiger partial charge in [-0.2, -0.15) is 0 Å². The highest BCUT2D eigenvalue weighted by Crippen LogP contribution is 2.20. The predicted molar refractivity (Wildman–Crippen MR) is 69.5 cm³/mol. The van der Waals surface area contributed by atoms with Crippen LogP contribution in [0.3, 0.4) is 0 Å². The number of fused-ring (bicyclic) bond motifs is 1. The van der Waals surface area contributed by atoms with Crippen molar-refractivity contribution in [1.29, 1.82) is 0 Å². The van der Waals surface area contributed by atoms with Gasteiger partial charge in [-0.15, -0.1) is 0 Å². The standard InChI is InChI=1S/C12H17BN3/c1-13-16-8-7-11-10(9-15(3)14-2)5-4-6-12(11)16/h4-8,14H,9H2,1-3H3. The molecule has 1 aromatic carbocycles. The Labute approximate surface area is 97.3 Å². The van der Waals surface area contributed by atoms with E-state index in [1.165, 1.54) is 16.5 Å². The van der Waals surface area contributed by atoms with Gasteiger partial charge in [-0.1, -0.05) is 19.0 Å². The van der Waals surface area contributed by atoms with Gasteiger partial charge in [0.05, 0.1) is 0 Å².